The summed E-state index contributed by atoms with van der Waals surface area (Å²) in [7, 11) is 1.78. The Bertz CT molecular complexity index is 410. The van der Waals surface area contributed by atoms with Gasteiger partial charge in [-0.2, -0.15) is 5.10 Å². The predicted octanol–water partition coefficient (Wildman–Crippen LogP) is 1.62. The molecule has 1 heterocycles. The molecule has 0 amide bonds. The van der Waals surface area contributed by atoms with Crippen LogP contribution < -0.4 is 5.73 Å². The van der Waals surface area contributed by atoms with Gasteiger partial charge in [0.15, 0.2) is 5.78 Å². The summed E-state index contributed by atoms with van der Waals surface area (Å²) in [5.74, 6) is -0.0140. The summed E-state index contributed by atoms with van der Waals surface area (Å²) in [5.41, 5.74) is 6.57. The fraction of sp³-hybridized carbons (Fsp3) is 0.636. The number of carbonyl (C=O) groups is 1. The molecule has 0 fully saturated rings. The Hall–Kier alpha value is -0.870. The third-order valence-electron chi connectivity index (χ3n) is 2.96. The Morgan fingerprint density at radius 1 is 1.62 bits per heavy atom. The smallest absolute Gasteiger partial charge is 0.158 e. The first-order chi connectivity index (χ1) is 7.29. The molecule has 4 nitrogen and oxygen atoms in total. The number of ketones is 1. The molecule has 0 aliphatic rings. The molecule has 1 unspecified atom stereocenters. The van der Waals surface area contributed by atoms with E-state index in [9.17, 15) is 4.79 Å². The van der Waals surface area contributed by atoms with E-state index in [1.165, 1.54) is 0 Å². The molecule has 0 radical (unpaired) electrons. The van der Waals surface area contributed by atoms with Gasteiger partial charge in [-0.25, -0.2) is 0 Å². The molecule has 1 atom stereocenters. The minimum Gasteiger partial charge on any atom is -0.319 e. The second-order valence-electron chi connectivity index (χ2n) is 4.34. The molecule has 0 saturated heterocycles. The van der Waals surface area contributed by atoms with Crippen molar-refractivity contribution in [3.8, 4) is 0 Å². The summed E-state index contributed by atoms with van der Waals surface area (Å²) in [6.45, 7) is 5.46. The molecule has 0 aromatic carbocycles. The van der Waals surface area contributed by atoms with Crippen LogP contribution in [0.25, 0.3) is 0 Å². The monoisotopic (exact) mass is 243 g/mol. The van der Waals surface area contributed by atoms with Crippen molar-refractivity contribution in [2.75, 3.05) is 0 Å². The van der Waals surface area contributed by atoms with Crippen LogP contribution in [0.4, 0.5) is 0 Å². The molecular weight excluding hydrogens is 226 g/mol. The lowest BCUT2D eigenvalue weighted by Crippen LogP contribution is -2.45. The first-order valence-corrected chi connectivity index (χ1v) is 5.67. The Morgan fingerprint density at radius 3 is 2.56 bits per heavy atom. The maximum absolute atomic E-state index is 12.0. The number of carbonyl (C=O) groups excluding carboxylic acids is 1. The number of hydrogen-bond donors (Lipinski definition) is 1. The van der Waals surface area contributed by atoms with Gasteiger partial charge in [-0.15, -0.1) is 0 Å². The van der Waals surface area contributed by atoms with Gasteiger partial charge in [0.1, 0.15) is 0 Å². The number of halogens is 1. The van der Waals surface area contributed by atoms with Gasteiger partial charge < -0.3 is 5.73 Å². The van der Waals surface area contributed by atoms with Gasteiger partial charge >= 0.3 is 0 Å². The summed E-state index contributed by atoms with van der Waals surface area (Å²) in [4.78, 5) is 12.0. The molecule has 0 aliphatic carbocycles. The highest BCUT2D eigenvalue weighted by atomic mass is 35.5. The summed E-state index contributed by atoms with van der Waals surface area (Å²) < 4.78 is 1.64. The summed E-state index contributed by atoms with van der Waals surface area (Å²) in [6, 6.07) is 0. The van der Waals surface area contributed by atoms with Crippen LogP contribution in [-0.4, -0.2) is 21.1 Å². The summed E-state index contributed by atoms with van der Waals surface area (Å²) in [5, 5.41) is 4.72. The van der Waals surface area contributed by atoms with E-state index >= 15 is 0 Å². The van der Waals surface area contributed by atoms with E-state index in [4.69, 9.17) is 17.3 Å². The van der Waals surface area contributed by atoms with Crippen LogP contribution in [0.15, 0.2) is 0 Å². The largest absolute Gasteiger partial charge is 0.319 e. The van der Waals surface area contributed by atoms with Crippen LogP contribution in [0, 0.1) is 6.92 Å². The zero-order chi connectivity index (χ0) is 12.5. The molecule has 0 spiro atoms. The molecule has 0 aliphatic heterocycles. The third kappa shape index (κ3) is 2.44. The Balaban J connectivity index is 2.94. The fourth-order valence-corrected chi connectivity index (χ4v) is 1.65. The SMILES string of the molecule is CCC(C)(N)C(=O)Cc1c(Cl)c(C)nn1C. The average Bonchev–Trinajstić information content (AvgIpc) is 2.45. The van der Waals surface area contributed by atoms with Gasteiger partial charge in [0.25, 0.3) is 0 Å². The quantitative estimate of drug-likeness (QED) is 0.874. The molecule has 0 bridgehead atoms. The van der Waals surface area contributed by atoms with E-state index in [1.54, 1.807) is 18.7 Å². The number of nitrogens with two attached hydrogens (primary N) is 1. The van der Waals surface area contributed by atoms with Crippen LogP contribution >= 0.6 is 11.6 Å². The molecule has 1 aromatic heterocycles. The first-order valence-electron chi connectivity index (χ1n) is 5.29. The van der Waals surface area contributed by atoms with Crippen LogP contribution in [0.5, 0.6) is 0 Å². The lowest BCUT2D eigenvalue weighted by molar-refractivity contribution is -0.123. The molecule has 2 N–H and O–H groups in total. The third-order valence-corrected chi connectivity index (χ3v) is 3.45. The van der Waals surface area contributed by atoms with Crippen molar-refractivity contribution < 1.29 is 4.79 Å². The molecule has 1 rings (SSSR count). The van der Waals surface area contributed by atoms with Gasteiger partial charge in [0.05, 0.1) is 28.4 Å². The standard InChI is InChI=1S/C11H18ClN3O/c1-5-11(3,13)9(16)6-8-10(12)7(2)14-15(8)4/h5-6,13H2,1-4H3. The molecule has 16 heavy (non-hydrogen) atoms. The van der Waals surface area contributed by atoms with Crippen molar-refractivity contribution in [3.05, 3.63) is 16.4 Å². The second kappa shape index (κ2) is 4.55. The Labute approximate surface area is 101 Å². The number of nitrogens with zero attached hydrogens (tertiary/aromatic N) is 2. The zero-order valence-corrected chi connectivity index (χ0v) is 10.9. The molecule has 90 valence electrons. The fourth-order valence-electron chi connectivity index (χ4n) is 1.42. The van der Waals surface area contributed by atoms with Crippen molar-refractivity contribution >= 4 is 17.4 Å². The van der Waals surface area contributed by atoms with E-state index < -0.39 is 5.54 Å². The molecular formula is C11H18ClN3O. The number of rotatable bonds is 4. The van der Waals surface area contributed by atoms with Crippen molar-refractivity contribution in [3.63, 3.8) is 0 Å². The molecule has 1 aromatic rings. The predicted molar refractivity (Wildman–Crippen MR) is 64.5 cm³/mol. The first kappa shape index (κ1) is 13.2. The van der Waals surface area contributed by atoms with Gasteiger partial charge in [0.2, 0.25) is 0 Å². The van der Waals surface area contributed by atoms with Gasteiger partial charge in [0, 0.05) is 7.05 Å². The minimum atomic E-state index is -0.790. The highest BCUT2D eigenvalue weighted by Crippen LogP contribution is 2.21. The van der Waals surface area contributed by atoms with Gasteiger partial charge in [-0.05, 0) is 20.3 Å². The zero-order valence-electron chi connectivity index (χ0n) is 10.2. The van der Waals surface area contributed by atoms with Crippen LogP contribution in [-0.2, 0) is 18.3 Å². The normalized spacial score (nSPS) is 14.9. The van der Waals surface area contributed by atoms with Crippen LogP contribution in [0.3, 0.4) is 0 Å². The molecule has 0 saturated carbocycles. The number of aryl methyl sites for hydroxylation is 2. The van der Waals surface area contributed by atoms with Crippen LogP contribution in [0.1, 0.15) is 31.7 Å². The Kier molecular flexibility index (Phi) is 3.76. The van der Waals surface area contributed by atoms with E-state index in [2.05, 4.69) is 5.10 Å². The maximum Gasteiger partial charge on any atom is 0.158 e. The van der Waals surface area contributed by atoms with E-state index in [0.717, 1.165) is 11.4 Å². The van der Waals surface area contributed by atoms with Crippen molar-refractivity contribution in [2.24, 2.45) is 12.8 Å². The van der Waals surface area contributed by atoms with E-state index in [1.807, 2.05) is 13.8 Å². The number of aromatic nitrogens is 2. The lowest BCUT2D eigenvalue weighted by atomic mass is 9.92. The van der Waals surface area contributed by atoms with E-state index in [-0.39, 0.29) is 12.2 Å². The van der Waals surface area contributed by atoms with Crippen molar-refractivity contribution in [1.82, 2.24) is 9.78 Å². The van der Waals surface area contributed by atoms with Crippen molar-refractivity contribution in [2.45, 2.75) is 39.2 Å². The summed E-state index contributed by atoms with van der Waals surface area (Å²) >= 11 is 6.08. The number of Topliss-reactive ketones (excluding diaryl/α,β-unsaturated/α-hetero) is 1. The van der Waals surface area contributed by atoms with Crippen molar-refractivity contribution in [1.29, 1.82) is 0 Å². The maximum atomic E-state index is 12.0. The highest BCUT2D eigenvalue weighted by molar-refractivity contribution is 6.32. The lowest BCUT2D eigenvalue weighted by Gasteiger charge is -2.20. The van der Waals surface area contributed by atoms with Gasteiger partial charge in [-0.3, -0.25) is 9.48 Å². The van der Waals surface area contributed by atoms with E-state index in [0.29, 0.717) is 11.4 Å². The summed E-state index contributed by atoms with van der Waals surface area (Å²) in [6.07, 6.45) is 0.845. The topological polar surface area (TPSA) is 60.9 Å². The number of hydrogen-bond acceptors (Lipinski definition) is 3. The molecule has 5 heteroatoms. The van der Waals surface area contributed by atoms with Gasteiger partial charge in [-0.1, -0.05) is 18.5 Å². The minimum absolute atomic E-state index is 0.0140. The average molecular weight is 244 g/mol. The Morgan fingerprint density at radius 2 is 2.19 bits per heavy atom. The second-order valence-corrected chi connectivity index (χ2v) is 4.72. The van der Waals surface area contributed by atoms with Crippen LogP contribution in [0.2, 0.25) is 5.02 Å². The highest BCUT2D eigenvalue weighted by Gasteiger charge is 2.27.